The molecule has 0 aliphatic carbocycles. The Labute approximate surface area is 380 Å². The van der Waals surface area contributed by atoms with Crippen molar-refractivity contribution in [3.8, 4) is 11.5 Å². The van der Waals surface area contributed by atoms with E-state index >= 15 is 0 Å². The van der Waals surface area contributed by atoms with Crippen molar-refractivity contribution < 1.29 is 38.2 Å². The number of rotatable bonds is 13. The molecule has 330 valence electrons. The van der Waals surface area contributed by atoms with Crippen LogP contribution in [0, 0.1) is 0 Å². The van der Waals surface area contributed by atoms with Crippen LogP contribution in [0.1, 0.15) is 65.5 Å². The van der Waals surface area contributed by atoms with Crippen molar-refractivity contribution in [1.82, 2.24) is 14.7 Å². The van der Waals surface area contributed by atoms with Crippen LogP contribution in [0.15, 0.2) is 132 Å². The van der Waals surface area contributed by atoms with Gasteiger partial charge in [-0.3, -0.25) is 24.0 Å². The van der Waals surface area contributed by atoms with Gasteiger partial charge in [0.2, 0.25) is 11.8 Å². The van der Waals surface area contributed by atoms with Gasteiger partial charge in [-0.15, -0.1) is 22.7 Å². The van der Waals surface area contributed by atoms with Crippen molar-refractivity contribution >= 4 is 63.6 Å². The Morgan fingerprint density at radius 2 is 1.08 bits per heavy atom. The Kier molecular flexibility index (Phi) is 14.5. The van der Waals surface area contributed by atoms with Crippen molar-refractivity contribution in [3.63, 3.8) is 0 Å². The first-order valence-electron chi connectivity index (χ1n) is 20.5. The zero-order valence-electron chi connectivity index (χ0n) is 36.1. The molecule has 2 aromatic heterocycles. The first-order chi connectivity index (χ1) is 31.0. The molecule has 8 rings (SSSR count). The topological polar surface area (TPSA) is 147 Å². The van der Waals surface area contributed by atoms with Gasteiger partial charge in [0, 0.05) is 57.5 Å². The number of ether oxygens (including phenoxy) is 3. The van der Waals surface area contributed by atoms with Crippen LogP contribution in [-0.4, -0.2) is 99.4 Å². The molecule has 2 aliphatic rings. The normalized spacial score (nSPS) is 17.7. The third kappa shape index (κ3) is 9.86. The molecule has 4 aromatic carbocycles. The van der Waals surface area contributed by atoms with Crippen molar-refractivity contribution in [3.05, 3.63) is 164 Å². The van der Waals surface area contributed by atoms with Gasteiger partial charge in [0.15, 0.2) is 0 Å². The van der Waals surface area contributed by atoms with Crippen LogP contribution in [0.25, 0.3) is 0 Å². The van der Waals surface area contributed by atoms with Crippen LogP contribution in [0.2, 0.25) is 0 Å². The second-order valence-electron chi connectivity index (χ2n) is 15.3. The van der Waals surface area contributed by atoms with Crippen LogP contribution in [0.4, 0.5) is 11.4 Å². The van der Waals surface area contributed by atoms with E-state index in [-0.39, 0.29) is 36.2 Å². The van der Waals surface area contributed by atoms with Crippen molar-refractivity contribution in [1.29, 1.82) is 0 Å². The number of esters is 1. The maximum absolute atomic E-state index is 13.7. The van der Waals surface area contributed by atoms with E-state index < -0.39 is 23.8 Å². The quantitative estimate of drug-likeness (QED) is 0.110. The van der Waals surface area contributed by atoms with Crippen LogP contribution in [0.3, 0.4) is 0 Å². The Balaban J connectivity index is 0.000000191. The van der Waals surface area contributed by atoms with E-state index in [0.29, 0.717) is 52.7 Å². The lowest BCUT2D eigenvalue weighted by atomic mass is 9.81. The van der Waals surface area contributed by atoms with E-state index in [9.17, 15) is 24.0 Å². The molecule has 4 atom stereocenters. The number of hydrogen-bond acceptors (Lipinski definition) is 11. The predicted octanol–water partition coefficient (Wildman–Crippen LogP) is 8.09. The van der Waals surface area contributed by atoms with Gasteiger partial charge >= 0.3 is 5.97 Å². The molecule has 2 N–H and O–H groups in total. The standard InChI is InChI=1S/C25H27N3O3S.C24H22N2O5S/c1-27(2)13-14-28-23(21-12-7-15-32-21)22(19-10-4-5-11-20(19)25(28)30)24(29)26-17-8-6-9-18(16-17)31-3;1-30-16-8-5-7-15(13-16)25-23(28)21-17-9-3-4-10-18(17)24(29)26(14-20(27)31-2)22(21)19-11-6-12-32-19/h4-12,15-16,22-23H,13-14H2,1-3H3,(H,26,29);3-13,21-22H,14H2,1-2H3,(H,25,28). The van der Waals surface area contributed by atoms with Gasteiger partial charge in [0.1, 0.15) is 18.0 Å². The van der Waals surface area contributed by atoms with Crippen molar-refractivity contribution in [2.24, 2.45) is 0 Å². The van der Waals surface area contributed by atoms with E-state index in [1.54, 1.807) is 80.2 Å². The number of nitrogens with one attached hydrogen (secondary N) is 2. The molecule has 4 amide bonds. The molecule has 13 nitrogen and oxygen atoms in total. The van der Waals surface area contributed by atoms with Gasteiger partial charge in [0.25, 0.3) is 11.8 Å². The summed E-state index contributed by atoms with van der Waals surface area (Å²) in [4.78, 5) is 73.5. The monoisotopic (exact) mass is 899 g/mol. The number of nitrogens with zero attached hydrogens (tertiary/aromatic N) is 3. The average molecular weight is 900 g/mol. The SMILES string of the molecule is COC(=O)CN1C(=O)c2ccccc2C(C(=O)Nc2cccc(OC)c2)C1c1cccs1.COc1cccc(NC(=O)C2c3ccccc3C(=O)N(CCN(C)C)C2c2cccs2)c1. The third-order valence-electron chi connectivity index (χ3n) is 11.1. The van der Waals surface area contributed by atoms with Gasteiger partial charge in [-0.2, -0.15) is 0 Å². The number of amides is 4. The molecule has 4 heterocycles. The van der Waals surface area contributed by atoms with Gasteiger partial charge in [-0.1, -0.05) is 60.7 Å². The smallest absolute Gasteiger partial charge is 0.325 e. The highest BCUT2D eigenvalue weighted by atomic mass is 32.1. The molecular weight excluding hydrogens is 851 g/mol. The number of methoxy groups -OCH3 is 3. The molecule has 0 bridgehead atoms. The fourth-order valence-corrected chi connectivity index (χ4v) is 9.82. The minimum absolute atomic E-state index is 0.0359. The zero-order valence-corrected chi connectivity index (χ0v) is 37.7. The molecule has 0 spiro atoms. The Hall–Kier alpha value is -6.81. The fourth-order valence-electron chi connectivity index (χ4n) is 8.08. The molecule has 15 heteroatoms. The molecular formula is C49H49N5O8S2. The van der Waals surface area contributed by atoms with Crippen LogP contribution in [-0.2, 0) is 19.1 Å². The lowest BCUT2D eigenvalue weighted by Gasteiger charge is -2.41. The maximum atomic E-state index is 13.7. The summed E-state index contributed by atoms with van der Waals surface area (Å²) in [5.41, 5.74) is 3.61. The highest BCUT2D eigenvalue weighted by Crippen LogP contribution is 2.46. The lowest BCUT2D eigenvalue weighted by molar-refractivity contribution is -0.142. The zero-order chi connectivity index (χ0) is 45.3. The first-order valence-corrected chi connectivity index (χ1v) is 22.3. The van der Waals surface area contributed by atoms with Crippen LogP contribution in [0.5, 0.6) is 11.5 Å². The maximum Gasteiger partial charge on any atom is 0.325 e. The minimum Gasteiger partial charge on any atom is -0.497 e. The largest absolute Gasteiger partial charge is 0.497 e. The van der Waals surface area contributed by atoms with Gasteiger partial charge in [0.05, 0.1) is 45.2 Å². The van der Waals surface area contributed by atoms with E-state index in [1.807, 2.05) is 101 Å². The number of carbonyl (C=O) groups is 5. The summed E-state index contributed by atoms with van der Waals surface area (Å²) in [6.45, 7) is 0.987. The Morgan fingerprint density at radius 3 is 1.52 bits per heavy atom. The van der Waals surface area contributed by atoms with E-state index in [1.165, 1.54) is 23.3 Å². The highest BCUT2D eigenvalue weighted by Gasteiger charge is 2.46. The molecule has 0 saturated heterocycles. The number of fused-ring (bicyclic) bond motifs is 2. The predicted molar refractivity (Wildman–Crippen MR) is 248 cm³/mol. The number of likely N-dealkylation sites (N-methyl/N-ethyl adjacent to an activating group) is 1. The minimum atomic E-state index is -0.724. The number of benzene rings is 4. The molecule has 0 saturated carbocycles. The molecule has 2 aliphatic heterocycles. The summed E-state index contributed by atoms with van der Waals surface area (Å²) in [5, 5.41) is 9.88. The van der Waals surface area contributed by atoms with Gasteiger partial charge in [-0.05, 0) is 84.5 Å². The Morgan fingerprint density at radius 1 is 0.609 bits per heavy atom. The molecule has 0 fully saturated rings. The van der Waals surface area contributed by atoms with Crippen LogP contribution < -0.4 is 20.1 Å². The summed E-state index contributed by atoms with van der Waals surface area (Å²) in [6, 6.07) is 35.5. The Bertz CT molecular complexity index is 2600. The summed E-state index contributed by atoms with van der Waals surface area (Å²) < 4.78 is 15.4. The number of anilines is 2. The van der Waals surface area contributed by atoms with Gasteiger partial charge < -0.3 is 39.5 Å². The summed E-state index contributed by atoms with van der Waals surface area (Å²) in [7, 11) is 8.39. The fraction of sp³-hybridized carbons (Fsp3) is 0.245. The van der Waals surface area contributed by atoms with Crippen molar-refractivity contribution in [2.45, 2.75) is 23.9 Å². The summed E-state index contributed by atoms with van der Waals surface area (Å²) in [6.07, 6.45) is 0. The number of carbonyl (C=O) groups excluding carboxylic acids is 5. The van der Waals surface area contributed by atoms with Gasteiger partial charge in [-0.25, -0.2) is 0 Å². The highest BCUT2D eigenvalue weighted by molar-refractivity contribution is 7.10. The summed E-state index contributed by atoms with van der Waals surface area (Å²) >= 11 is 3.00. The van der Waals surface area contributed by atoms with Crippen LogP contribution >= 0.6 is 22.7 Å². The number of thiophene rings is 2. The van der Waals surface area contributed by atoms with E-state index in [4.69, 9.17) is 14.2 Å². The second-order valence-corrected chi connectivity index (χ2v) is 17.3. The third-order valence-corrected chi connectivity index (χ3v) is 13.0. The molecule has 64 heavy (non-hydrogen) atoms. The second kappa shape index (κ2) is 20.6. The number of hydrogen-bond donors (Lipinski definition) is 2. The van der Waals surface area contributed by atoms with E-state index in [2.05, 4.69) is 10.6 Å². The van der Waals surface area contributed by atoms with E-state index in [0.717, 1.165) is 15.3 Å². The summed E-state index contributed by atoms with van der Waals surface area (Å²) in [5.74, 6) is -1.30. The molecule has 0 radical (unpaired) electrons. The lowest BCUT2D eigenvalue weighted by Crippen LogP contribution is -2.48. The van der Waals surface area contributed by atoms with Crippen molar-refractivity contribution in [2.75, 3.05) is 65.7 Å². The molecule has 6 aromatic rings. The molecule has 4 unspecified atom stereocenters. The first kappa shape index (κ1) is 45.2. The average Bonchev–Trinajstić information content (AvgIpc) is 4.06.